The van der Waals surface area contributed by atoms with Crippen LogP contribution in [0, 0.1) is 13.8 Å². The maximum Gasteiger partial charge on any atom is 0.0858 e. The molecule has 1 unspecified atom stereocenters. The Morgan fingerprint density at radius 2 is 1.67 bits per heavy atom. The van der Waals surface area contributed by atoms with Crippen LogP contribution in [0.5, 0.6) is 0 Å². The lowest BCUT2D eigenvalue weighted by atomic mass is 10.00. The summed E-state index contributed by atoms with van der Waals surface area (Å²) >= 11 is 0. The normalized spacial score (nSPS) is 12.3. The topological polar surface area (TPSA) is 56.7 Å². The van der Waals surface area contributed by atoms with Crippen LogP contribution < -0.4 is 5.73 Å². The molecule has 21 heavy (non-hydrogen) atoms. The second-order valence-electron chi connectivity index (χ2n) is 5.30. The third kappa shape index (κ3) is 2.71. The molecule has 2 aromatic carbocycles. The molecule has 2 N–H and O–H groups in total. The maximum absolute atomic E-state index is 6.44. The van der Waals surface area contributed by atoms with Crippen LogP contribution in [0.15, 0.2) is 54.7 Å². The van der Waals surface area contributed by atoms with Crippen molar-refractivity contribution in [2.24, 2.45) is 5.73 Å². The number of nitrogens with zero attached hydrogens (tertiary/aromatic N) is 3. The van der Waals surface area contributed by atoms with E-state index in [1.165, 1.54) is 11.1 Å². The first-order valence-corrected chi connectivity index (χ1v) is 6.95. The van der Waals surface area contributed by atoms with Gasteiger partial charge in [0, 0.05) is 0 Å². The summed E-state index contributed by atoms with van der Waals surface area (Å²) in [6, 6.07) is 16.0. The van der Waals surface area contributed by atoms with Crippen molar-refractivity contribution in [1.82, 2.24) is 15.0 Å². The van der Waals surface area contributed by atoms with E-state index in [1.54, 1.807) is 10.9 Å². The Kier molecular flexibility index (Phi) is 3.54. The number of hydrogen-bond donors (Lipinski definition) is 1. The first-order chi connectivity index (χ1) is 10.1. The molecular formula is C17H18N4. The zero-order chi connectivity index (χ0) is 14.8. The van der Waals surface area contributed by atoms with Gasteiger partial charge in [-0.1, -0.05) is 52.7 Å². The van der Waals surface area contributed by atoms with E-state index in [2.05, 4.69) is 42.4 Å². The second kappa shape index (κ2) is 5.50. The Bertz CT molecular complexity index is 726. The van der Waals surface area contributed by atoms with Crippen molar-refractivity contribution in [3.05, 3.63) is 77.1 Å². The highest BCUT2D eigenvalue weighted by atomic mass is 15.4. The van der Waals surface area contributed by atoms with E-state index in [4.69, 9.17) is 5.73 Å². The lowest BCUT2D eigenvalue weighted by molar-refractivity contribution is 0.719. The predicted octanol–water partition coefficient (Wildman–Crippen LogP) is 2.93. The summed E-state index contributed by atoms with van der Waals surface area (Å²) in [5, 5.41) is 8.19. The van der Waals surface area contributed by atoms with E-state index < -0.39 is 0 Å². The Morgan fingerprint density at radius 3 is 2.33 bits per heavy atom. The highest BCUT2D eigenvalue weighted by Gasteiger charge is 2.16. The van der Waals surface area contributed by atoms with Gasteiger partial charge in [-0.05, 0) is 31.5 Å². The van der Waals surface area contributed by atoms with Crippen LogP contribution in [0.25, 0.3) is 5.69 Å². The molecule has 3 aromatic rings. The maximum atomic E-state index is 6.44. The van der Waals surface area contributed by atoms with Gasteiger partial charge in [-0.3, -0.25) is 0 Å². The molecule has 0 bridgehead atoms. The molecule has 0 fully saturated rings. The van der Waals surface area contributed by atoms with E-state index in [0.29, 0.717) is 0 Å². The molecule has 0 aliphatic carbocycles. The second-order valence-corrected chi connectivity index (χ2v) is 5.30. The smallest absolute Gasteiger partial charge is 0.0858 e. The molecule has 3 rings (SSSR count). The van der Waals surface area contributed by atoms with Gasteiger partial charge in [-0.2, -0.15) is 0 Å². The SMILES string of the molecule is Cc1cc(C)cc(C(N)c2cnnn2-c2ccccc2)c1. The molecule has 0 amide bonds. The molecular weight excluding hydrogens is 260 g/mol. The van der Waals surface area contributed by atoms with Gasteiger partial charge in [0.15, 0.2) is 0 Å². The monoisotopic (exact) mass is 278 g/mol. The van der Waals surface area contributed by atoms with Gasteiger partial charge in [0.1, 0.15) is 0 Å². The predicted molar refractivity (Wildman–Crippen MR) is 83.3 cm³/mol. The lowest BCUT2D eigenvalue weighted by Gasteiger charge is -2.15. The van der Waals surface area contributed by atoms with E-state index in [1.807, 2.05) is 30.3 Å². The summed E-state index contributed by atoms with van der Waals surface area (Å²) in [6.07, 6.45) is 1.73. The third-order valence-corrected chi connectivity index (χ3v) is 3.50. The Balaban J connectivity index is 2.03. The molecule has 0 saturated heterocycles. The van der Waals surface area contributed by atoms with E-state index in [0.717, 1.165) is 16.9 Å². The fourth-order valence-electron chi connectivity index (χ4n) is 2.59. The Morgan fingerprint density at radius 1 is 1.00 bits per heavy atom. The number of hydrogen-bond acceptors (Lipinski definition) is 3. The van der Waals surface area contributed by atoms with Crippen LogP contribution in [-0.4, -0.2) is 15.0 Å². The summed E-state index contributed by atoms with van der Waals surface area (Å²) in [7, 11) is 0. The number of rotatable bonds is 3. The van der Waals surface area contributed by atoms with Crippen LogP contribution >= 0.6 is 0 Å². The third-order valence-electron chi connectivity index (χ3n) is 3.50. The quantitative estimate of drug-likeness (QED) is 0.801. The highest BCUT2D eigenvalue weighted by Crippen LogP contribution is 2.23. The van der Waals surface area contributed by atoms with Gasteiger partial charge in [0.25, 0.3) is 0 Å². The fraction of sp³-hybridized carbons (Fsp3) is 0.176. The van der Waals surface area contributed by atoms with Crippen molar-refractivity contribution in [1.29, 1.82) is 0 Å². The summed E-state index contributed by atoms with van der Waals surface area (Å²) in [5.41, 5.74) is 11.8. The summed E-state index contributed by atoms with van der Waals surface area (Å²) < 4.78 is 1.79. The average Bonchev–Trinajstić information content (AvgIpc) is 2.95. The molecule has 4 nitrogen and oxygen atoms in total. The molecule has 4 heteroatoms. The summed E-state index contributed by atoms with van der Waals surface area (Å²) in [4.78, 5) is 0. The van der Waals surface area contributed by atoms with Crippen molar-refractivity contribution in [2.45, 2.75) is 19.9 Å². The van der Waals surface area contributed by atoms with Crippen molar-refractivity contribution < 1.29 is 0 Å². The lowest BCUT2D eigenvalue weighted by Crippen LogP contribution is -2.17. The zero-order valence-corrected chi connectivity index (χ0v) is 12.2. The van der Waals surface area contributed by atoms with Gasteiger partial charge in [0.2, 0.25) is 0 Å². The van der Waals surface area contributed by atoms with E-state index in [-0.39, 0.29) is 6.04 Å². The minimum atomic E-state index is -0.251. The van der Waals surface area contributed by atoms with Crippen LogP contribution in [0.2, 0.25) is 0 Å². The molecule has 0 spiro atoms. The molecule has 0 aliphatic rings. The molecule has 1 aromatic heterocycles. The van der Waals surface area contributed by atoms with Gasteiger partial charge < -0.3 is 5.73 Å². The minimum Gasteiger partial charge on any atom is -0.319 e. The van der Waals surface area contributed by atoms with E-state index in [9.17, 15) is 0 Å². The van der Waals surface area contributed by atoms with Gasteiger partial charge >= 0.3 is 0 Å². The summed E-state index contributed by atoms with van der Waals surface area (Å²) in [6.45, 7) is 4.16. The first-order valence-electron chi connectivity index (χ1n) is 6.95. The van der Waals surface area contributed by atoms with Gasteiger partial charge in [-0.15, -0.1) is 5.10 Å². The molecule has 1 atom stereocenters. The number of aromatic nitrogens is 3. The number of para-hydroxylation sites is 1. The molecule has 0 aliphatic heterocycles. The average molecular weight is 278 g/mol. The molecule has 106 valence electrons. The Hall–Kier alpha value is -2.46. The zero-order valence-electron chi connectivity index (χ0n) is 12.2. The van der Waals surface area contributed by atoms with E-state index >= 15 is 0 Å². The number of aryl methyl sites for hydroxylation is 2. The van der Waals surface area contributed by atoms with Gasteiger partial charge in [-0.25, -0.2) is 4.68 Å². The Labute approximate surface area is 124 Å². The van der Waals surface area contributed by atoms with Crippen molar-refractivity contribution in [2.75, 3.05) is 0 Å². The van der Waals surface area contributed by atoms with Crippen molar-refractivity contribution >= 4 is 0 Å². The fourth-order valence-corrected chi connectivity index (χ4v) is 2.59. The van der Waals surface area contributed by atoms with Crippen molar-refractivity contribution in [3.8, 4) is 5.69 Å². The van der Waals surface area contributed by atoms with Crippen LogP contribution in [-0.2, 0) is 0 Å². The van der Waals surface area contributed by atoms with Crippen LogP contribution in [0.4, 0.5) is 0 Å². The van der Waals surface area contributed by atoms with Crippen molar-refractivity contribution in [3.63, 3.8) is 0 Å². The largest absolute Gasteiger partial charge is 0.319 e. The summed E-state index contributed by atoms with van der Waals surface area (Å²) in [5.74, 6) is 0. The highest BCUT2D eigenvalue weighted by molar-refractivity contribution is 5.37. The molecule has 0 saturated carbocycles. The van der Waals surface area contributed by atoms with Crippen LogP contribution in [0.3, 0.4) is 0 Å². The minimum absolute atomic E-state index is 0.251. The number of benzene rings is 2. The standard InChI is InChI=1S/C17H18N4/c1-12-8-13(2)10-14(9-12)17(18)16-11-19-20-21(16)15-6-4-3-5-7-15/h3-11,17H,18H2,1-2H3. The first kappa shape index (κ1) is 13.5. The molecule has 0 radical (unpaired) electrons. The number of nitrogens with two attached hydrogens (primary N) is 1. The molecule has 1 heterocycles. The van der Waals surface area contributed by atoms with Gasteiger partial charge in [0.05, 0.1) is 23.6 Å². The van der Waals surface area contributed by atoms with Crippen LogP contribution in [0.1, 0.15) is 28.4 Å².